The first-order chi connectivity index (χ1) is 9.74. The van der Waals surface area contributed by atoms with E-state index in [0.29, 0.717) is 6.42 Å². The fourth-order valence-corrected chi connectivity index (χ4v) is 3.33. The highest BCUT2D eigenvalue weighted by molar-refractivity contribution is 5.78. The van der Waals surface area contributed by atoms with Crippen LogP contribution in [0.25, 0.3) is 0 Å². The normalized spacial score (nSPS) is 24.0. The molecule has 1 fully saturated rings. The van der Waals surface area contributed by atoms with Gasteiger partial charge < -0.3 is 10.0 Å². The lowest BCUT2D eigenvalue weighted by atomic mass is 9.89. The number of aliphatic carboxylic acids is 1. The highest BCUT2D eigenvalue weighted by Crippen LogP contribution is 2.25. The van der Waals surface area contributed by atoms with Gasteiger partial charge in [-0.3, -0.25) is 10.1 Å². The minimum Gasteiger partial charge on any atom is -0.480 e. The zero-order chi connectivity index (χ0) is 16.0. The van der Waals surface area contributed by atoms with Crippen LogP contribution in [-0.4, -0.2) is 47.2 Å². The van der Waals surface area contributed by atoms with Crippen LogP contribution in [-0.2, 0) is 4.79 Å². The number of hydrogen-bond acceptors (Lipinski definition) is 3. The van der Waals surface area contributed by atoms with Crippen molar-refractivity contribution in [1.82, 2.24) is 10.2 Å². The monoisotopic (exact) mass is 298 g/mol. The van der Waals surface area contributed by atoms with E-state index >= 15 is 0 Å². The van der Waals surface area contributed by atoms with E-state index < -0.39 is 11.5 Å². The summed E-state index contributed by atoms with van der Waals surface area (Å²) in [7, 11) is 0. The van der Waals surface area contributed by atoms with E-state index in [9.17, 15) is 9.90 Å². The Hall–Kier alpha value is -0.610. The van der Waals surface area contributed by atoms with Crippen molar-refractivity contribution in [2.45, 2.75) is 71.9 Å². The van der Waals surface area contributed by atoms with Crippen molar-refractivity contribution in [2.75, 3.05) is 19.6 Å². The molecule has 2 atom stereocenters. The SMILES string of the molecule is CC(C)NC(C)(CCN1CCCC(C(C)C)CC1)C(=O)O. The fraction of sp³-hybridized carbons (Fsp3) is 0.941. The number of likely N-dealkylation sites (tertiary alicyclic amines) is 1. The summed E-state index contributed by atoms with van der Waals surface area (Å²) in [5, 5.41) is 12.7. The summed E-state index contributed by atoms with van der Waals surface area (Å²) in [6.45, 7) is 13.5. The molecule has 0 aromatic carbocycles. The van der Waals surface area contributed by atoms with Gasteiger partial charge in [0.25, 0.3) is 0 Å². The Morgan fingerprint density at radius 3 is 2.48 bits per heavy atom. The quantitative estimate of drug-likeness (QED) is 0.759. The van der Waals surface area contributed by atoms with Gasteiger partial charge in [0.05, 0.1) is 0 Å². The van der Waals surface area contributed by atoms with E-state index in [-0.39, 0.29) is 6.04 Å². The third-order valence-electron chi connectivity index (χ3n) is 4.82. The molecule has 2 N–H and O–H groups in total. The van der Waals surface area contributed by atoms with Gasteiger partial charge in [-0.05, 0) is 71.4 Å². The van der Waals surface area contributed by atoms with Crippen molar-refractivity contribution in [1.29, 1.82) is 0 Å². The number of hydrogen-bond donors (Lipinski definition) is 2. The summed E-state index contributed by atoms with van der Waals surface area (Å²) >= 11 is 0. The Labute approximate surface area is 130 Å². The first-order valence-electron chi connectivity index (χ1n) is 8.48. The lowest BCUT2D eigenvalue weighted by molar-refractivity contribution is -0.145. The van der Waals surface area contributed by atoms with E-state index in [2.05, 4.69) is 24.1 Å². The Morgan fingerprint density at radius 1 is 1.29 bits per heavy atom. The van der Waals surface area contributed by atoms with Crippen molar-refractivity contribution in [3.63, 3.8) is 0 Å². The molecule has 21 heavy (non-hydrogen) atoms. The van der Waals surface area contributed by atoms with Gasteiger partial charge in [0, 0.05) is 12.6 Å². The maximum atomic E-state index is 11.6. The molecule has 0 radical (unpaired) electrons. The molecule has 4 heteroatoms. The minimum atomic E-state index is -0.822. The summed E-state index contributed by atoms with van der Waals surface area (Å²) in [5.74, 6) is 0.845. The zero-order valence-electron chi connectivity index (χ0n) is 14.5. The van der Waals surface area contributed by atoms with E-state index in [4.69, 9.17) is 0 Å². The second-order valence-corrected chi connectivity index (χ2v) is 7.46. The van der Waals surface area contributed by atoms with Gasteiger partial charge in [-0.25, -0.2) is 0 Å². The van der Waals surface area contributed by atoms with Crippen molar-refractivity contribution >= 4 is 5.97 Å². The van der Waals surface area contributed by atoms with Crippen LogP contribution >= 0.6 is 0 Å². The molecule has 0 amide bonds. The summed E-state index contributed by atoms with van der Waals surface area (Å²) in [5.41, 5.74) is -0.822. The van der Waals surface area contributed by atoms with E-state index in [0.717, 1.165) is 31.5 Å². The Balaban J connectivity index is 2.51. The topological polar surface area (TPSA) is 52.6 Å². The number of rotatable bonds is 7. The molecule has 1 rings (SSSR count). The van der Waals surface area contributed by atoms with Gasteiger partial charge in [0.15, 0.2) is 0 Å². The minimum absolute atomic E-state index is 0.181. The number of carboxylic acid groups (broad SMARTS) is 1. The molecule has 0 spiro atoms. The summed E-state index contributed by atoms with van der Waals surface area (Å²) in [4.78, 5) is 14.0. The second-order valence-electron chi connectivity index (χ2n) is 7.46. The van der Waals surface area contributed by atoms with Gasteiger partial charge in [-0.15, -0.1) is 0 Å². The summed E-state index contributed by atoms with van der Waals surface area (Å²) < 4.78 is 0. The molecule has 0 aliphatic carbocycles. The average molecular weight is 298 g/mol. The number of carbonyl (C=O) groups is 1. The molecular weight excluding hydrogens is 264 g/mol. The van der Waals surface area contributed by atoms with Crippen LogP contribution < -0.4 is 5.32 Å². The van der Waals surface area contributed by atoms with Crippen LogP contribution in [0.4, 0.5) is 0 Å². The lowest BCUT2D eigenvalue weighted by Gasteiger charge is -2.31. The van der Waals surface area contributed by atoms with Gasteiger partial charge in [-0.2, -0.15) is 0 Å². The molecule has 1 aliphatic heterocycles. The van der Waals surface area contributed by atoms with E-state index in [1.165, 1.54) is 19.3 Å². The second kappa shape index (κ2) is 8.14. The fourth-order valence-electron chi connectivity index (χ4n) is 3.33. The molecule has 1 saturated heterocycles. The standard InChI is InChI=1S/C17H34N2O2/c1-13(2)15-7-6-10-19(11-8-15)12-9-17(5,16(20)21)18-14(3)4/h13-15,18H,6-12H2,1-5H3,(H,20,21). The van der Waals surface area contributed by atoms with E-state index in [1.54, 1.807) is 0 Å². The Morgan fingerprint density at radius 2 is 1.95 bits per heavy atom. The Bertz CT molecular complexity index is 331. The molecular formula is C17H34N2O2. The van der Waals surface area contributed by atoms with Crippen molar-refractivity contribution in [2.24, 2.45) is 11.8 Å². The predicted octanol–water partition coefficient (Wildman–Crippen LogP) is 2.98. The predicted molar refractivity (Wildman–Crippen MR) is 87.5 cm³/mol. The number of nitrogens with zero attached hydrogens (tertiary/aromatic N) is 1. The molecule has 0 aromatic rings. The summed E-state index contributed by atoms with van der Waals surface area (Å²) in [6, 6.07) is 0.181. The zero-order valence-corrected chi connectivity index (χ0v) is 14.5. The van der Waals surface area contributed by atoms with Crippen LogP contribution in [0.2, 0.25) is 0 Å². The van der Waals surface area contributed by atoms with Gasteiger partial charge in [0.1, 0.15) is 5.54 Å². The van der Waals surface area contributed by atoms with Crippen molar-refractivity contribution < 1.29 is 9.90 Å². The van der Waals surface area contributed by atoms with Crippen LogP contribution in [0.1, 0.15) is 60.3 Å². The van der Waals surface area contributed by atoms with Crippen molar-refractivity contribution in [3.05, 3.63) is 0 Å². The third-order valence-corrected chi connectivity index (χ3v) is 4.82. The molecule has 1 heterocycles. The largest absolute Gasteiger partial charge is 0.480 e. The molecule has 2 unspecified atom stereocenters. The van der Waals surface area contributed by atoms with Crippen molar-refractivity contribution in [3.8, 4) is 0 Å². The van der Waals surface area contributed by atoms with Crippen LogP contribution in [0, 0.1) is 11.8 Å². The lowest BCUT2D eigenvalue weighted by Crippen LogP contribution is -2.54. The molecule has 0 bridgehead atoms. The number of carboxylic acids is 1. The van der Waals surface area contributed by atoms with Gasteiger partial charge in [-0.1, -0.05) is 13.8 Å². The molecule has 1 aliphatic rings. The maximum absolute atomic E-state index is 11.6. The first-order valence-corrected chi connectivity index (χ1v) is 8.48. The van der Waals surface area contributed by atoms with Gasteiger partial charge in [0.2, 0.25) is 0 Å². The summed E-state index contributed by atoms with van der Waals surface area (Å²) in [6.07, 6.45) is 4.46. The highest BCUT2D eigenvalue weighted by atomic mass is 16.4. The van der Waals surface area contributed by atoms with Gasteiger partial charge >= 0.3 is 5.97 Å². The first kappa shape index (κ1) is 18.4. The van der Waals surface area contributed by atoms with Crippen LogP contribution in [0.5, 0.6) is 0 Å². The molecule has 0 aromatic heterocycles. The molecule has 124 valence electrons. The smallest absolute Gasteiger partial charge is 0.323 e. The average Bonchev–Trinajstić information content (AvgIpc) is 2.60. The van der Waals surface area contributed by atoms with Crippen LogP contribution in [0.15, 0.2) is 0 Å². The maximum Gasteiger partial charge on any atom is 0.323 e. The third kappa shape index (κ3) is 5.95. The van der Waals surface area contributed by atoms with E-state index in [1.807, 2.05) is 20.8 Å². The molecule has 4 nitrogen and oxygen atoms in total. The Kier molecular flexibility index (Phi) is 7.14. The highest BCUT2D eigenvalue weighted by Gasteiger charge is 2.33. The van der Waals surface area contributed by atoms with Crippen LogP contribution in [0.3, 0.4) is 0 Å². The molecule has 0 saturated carbocycles. The number of nitrogens with one attached hydrogen (secondary N) is 1.